The summed E-state index contributed by atoms with van der Waals surface area (Å²) >= 11 is 0. The number of carboxylic acids is 1. The summed E-state index contributed by atoms with van der Waals surface area (Å²) < 4.78 is 5.31. The number of rotatable bonds is 8. The lowest BCUT2D eigenvalue weighted by Crippen LogP contribution is -1.99. The number of anilines is 1. The number of allylic oxidation sites excluding steroid dienone is 1. The number of nitrogens with one attached hydrogen (secondary N) is 1. The van der Waals surface area contributed by atoms with Crippen molar-refractivity contribution in [2.75, 3.05) is 12.8 Å². The fraction of sp³-hybridized carbons (Fsp3) is 0.111. The first kappa shape index (κ1) is 22.6. The fourth-order valence-corrected chi connectivity index (χ4v) is 3.62. The van der Waals surface area contributed by atoms with Crippen LogP contribution in [0.3, 0.4) is 0 Å². The summed E-state index contributed by atoms with van der Waals surface area (Å²) in [6, 6.07) is 21.4. The molecule has 5 heteroatoms. The minimum absolute atomic E-state index is 0.555. The van der Waals surface area contributed by atoms with Crippen LogP contribution in [0.1, 0.15) is 41.2 Å². The zero-order valence-corrected chi connectivity index (χ0v) is 18.1. The average Bonchev–Trinajstić information content (AvgIpc) is 2.82. The normalized spacial score (nSPS) is 11.8. The first-order valence-electron chi connectivity index (χ1n) is 10.3. The molecule has 0 heterocycles. The van der Waals surface area contributed by atoms with Crippen LogP contribution in [0.25, 0.3) is 17.2 Å². The summed E-state index contributed by atoms with van der Waals surface area (Å²) in [4.78, 5) is 10.8. The Kier molecular flexibility index (Phi) is 7.24. The van der Waals surface area contributed by atoms with Crippen LogP contribution in [0.2, 0.25) is 0 Å². The predicted octanol–water partition coefficient (Wildman–Crippen LogP) is 5.74. The van der Waals surface area contributed by atoms with Gasteiger partial charge in [0.1, 0.15) is 5.75 Å². The van der Waals surface area contributed by atoms with Crippen LogP contribution in [0.15, 0.2) is 72.8 Å². The van der Waals surface area contributed by atoms with E-state index in [1.165, 1.54) is 6.21 Å². The van der Waals surface area contributed by atoms with Crippen molar-refractivity contribution in [1.82, 2.24) is 0 Å². The Bertz CT molecular complexity index is 1170. The summed E-state index contributed by atoms with van der Waals surface area (Å²) in [5, 5.41) is 16.6. The molecule has 3 rings (SSSR count). The lowest BCUT2D eigenvalue weighted by Gasteiger charge is -2.18. The summed E-state index contributed by atoms with van der Waals surface area (Å²) in [5.41, 5.74) is 13.2. The number of nitrogens with two attached hydrogens (primary N) is 1. The molecule has 0 aliphatic carbocycles. The van der Waals surface area contributed by atoms with Crippen molar-refractivity contribution in [2.45, 2.75) is 13.3 Å². The van der Waals surface area contributed by atoms with Gasteiger partial charge in [0.05, 0.1) is 7.11 Å². The Hall–Kier alpha value is -4.12. The molecule has 0 aliphatic heterocycles. The van der Waals surface area contributed by atoms with Crippen molar-refractivity contribution >= 4 is 35.1 Å². The van der Waals surface area contributed by atoms with Crippen molar-refractivity contribution in [3.05, 3.63) is 101 Å². The highest BCUT2D eigenvalue weighted by molar-refractivity contribution is 6.00. The molecule has 0 saturated heterocycles. The molecule has 32 heavy (non-hydrogen) atoms. The molecule has 0 aromatic heterocycles. The highest BCUT2D eigenvalue weighted by Crippen LogP contribution is 2.36. The standard InChI is InChI=1S/C27H26N2O3/c1-3-24(19-9-12-23(32-2)13-10-19)27(21-11-14-25(29)22(16-21)17-28)20-7-4-18(5-8-20)6-15-26(30)31/h4-17,28H,3,29H2,1-2H3,(H,30,31)/b15-6+,27-24+,28-17?. The molecule has 162 valence electrons. The van der Waals surface area contributed by atoms with Crippen LogP contribution in [-0.2, 0) is 4.79 Å². The van der Waals surface area contributed by atoms with Crippen LogP contribution in [0.4, 0.5) is 5.69 Å². The zero-order chi connectivity index (χ0) is 23.1. The van der Waals surface area contributed by atoms with Crippen LogP contribution >= 0.6 is 0 Å². The van der Waals surface area contributed by atoms with Gasteiger partial charge in [-0.3, -0.25) is 0 Å². The Morgan fingerprint density at radius 1 is 1.00 bits per heavy atom. The molecule has 0 aliphatic rings. The molecule has 0 radical (unpaired) electrons. The van der Waals surface area contributed by atoms with E-state index in [0.29, 0.717) is 11.3 Å². The molecule has 0 atom stereocenters. The maximum atomic E-state index is 10.8. The van der Waals surface area contributed by atoms with Crippen molar-refractivity contribution in [1.29, 1.82) is 5.41 Å². The maximum Gasteiger partial charge on any atom is 0.328 e. The molecule has 0 spiro atoms. The maximum absolute atomic E-state index is 10.8. The number of carbonyl (C=O) groups is 1. The van der Waals surface area contributed by atoms with E-state index in [0.717, 1.165) is 51.6 Å². The topological polar surface area (TPSA) is 96.4 Å². The second kappa shape index (κ2) is 10.3. The van der Waals surface area contributed by atoms with Crippen LogP contribution in [0, 0.1) is 5.41 Å². The summed E-state index contributed by atoms with van der Waals surface area (Å²) in [6.07, 6.45) is 4.73. The monoisotopic (exact) mass is 426 g/mol. The van der Waals surface area contributed by atoms with E-state index < -0.39 is 5.97 Å². The number of hydrogen-bond donors (Lipinski definition) is 3. The lowest BCUT2D eigenvalue weighted by molar-refractivity contribution is -0.131. The molecule has 5 nitrogen and oxygen atoms in total. The van der Waals surface area contributed by atoms with Gasteiger partial charge >= 0.3 is 5.97 Å². The van der Waals surface area contributed by atoms with E-state index in [-0.39, 0.29) is 0 Å². The molecule has 0 unspecified atom stereocenters. The van der Waals surface area contributed by atoms with Gasteiger partial charge < -0.3 is 21.0 Å². The zero-order valence-electron chi connectivity index (χ0n) is 18.1. The van der Waals surface area contributed by atoms with Crippen molar-refractivity contribution in [3.63, 3.8) is 0 Å². The molecule has 4 N–H and O–H groups in total. The van der Waals surface area contributed by atoms with Crippen molar-refractivity contribution < 1.29 is 14.6 Å². The lowest BCUT2D eigenvalue weighted by atomic mass is 9.87. The smallest absolute Gasteiger partial charge is 0.328 e. The fourth-order valence-electron chi connectivity index (χ4n) is 3.62. The quantitative estimate of drug-likeness (QED) is 0.185. The van der Waals surface area contributed by atoms with Gasteiger partial charge in [-0.25, -0.2) is 4.79 Å². The van der Waals surface area contributed by atoms with Crippen molar-refractivity contribution in [2.24, 2.45) is 0 Å². The van der Waals surface area contributed by atoms with Crippen LogP contribution < -0.4 is 10.5 Å². The van der Waals surface area contributed by atoms with E-state index in [9.17, 15) is 4.79 Å². The van der Waals surface area contributed by atoms with Gasteiger partial charge in [0.15, 0.2) is 0 Å². The highest BCUT2D eigenvalue weighted by atomic mass is 16.5. The molecule has 3 aromatic carbocycles. The highest BCUT2D eigenvalue weighted by Gasteiger charge is 2.14. The van der Waals surface area contributed by atoms with Gasteiger partial charge in [-0.2, -0.15) is 0 Å². The van der Waals surface area contributed by atoms with Gasteiger partial charge in [-0.1, -0.05) is 49.4 Å². The van der Waals surface area contributed by atoms with Gasteiger partial charge in [-0.05, 0) is 70.2 Å². The largest absolute Gasteiger partial charge is 0.497 e. The number of aliphatic carboxylic acids is 1. The third-order valence-corrected chi connectivity index (χ3v) is 5.24. The second-order valence-corrected chi connectivity index (χ2v) is 7.22. The molecular formula is C27H26N2O3. The number of ether oxygens (including phenoxy) is 1. The van der Waals surface area contributed by atoms with Gasteiger partial charge in [0.25, 0.3) is 0 Å². The molecule has 0 amide bonds. The van der Waals surface area contributed by atoms with E-state index in [1.54, 1.807) is 13.2 Å². The minimum atomic E-state index is -0.983. The summed E-state index contributed by atoms with van der Waals surface area (Å²) in [5.74, 6) is -0.192. The van der Waals surface area contributed by atoms with Crippen LogP contribution in [0.5, 0.6) is 5.75 Å². The Labute approximate surface area is 188 Å². The molecule has 0 saturated carbocycles. The SMILES string of the molecule is CC/C(=C(/c1ccc(/C=C/C(=O)O)cc1)c1ccc(N)c(C=N)c1)c1ccc(OC)cc1. The number of methoxy groups -OCH3 is 1. The van der Waals surface area contributed by atoms with E-state index in [1.807, 2.05) is 66.7 Å². The third-order valence-electron chi connectivity index (χ3n) is 5.24. The first-order chi connectivity index (χ1) is 15.5. The molecule has 3 aromatic rings. The third kappa shape index (κ3) is 5.13. The Morgan fingerprint density at radius 3 is 2.19 bits per heavy atom. The Balaban J connectivity index is 2.21. The van der Waals surface area contributed by atoms with Gasteiger partial charge in [0, 0.05) is 23.5 Å². The first-order valence-corrected chi connectivity index (χ1v) is 10.3. The van der Waals surface area contributed by atoms with E-state index in [4.69, 9.17) is 21.0 Å². The van der Waals surface area contributed by atoms with Gasteiger partial charge in [-0.15, -0.1) is 0 Å². The van der Waals surface area contributed by atoms with Gasteiger partial charge in [0.2, 0.25) is 0 Å². The predicted molar refractivity (Wildman–Crippen MR) is 131 cm³/mol. The van der Waals surface area contributed by atoms with Crippen LogP contribution in [-0.4, -0.2) is 24.4 Å². The molecular weight excluding hydrogens is 400 g/mol. The molecule has 0 fully saturated rings. The van der Waals surface area contributed by atoms with Crippen molar-refractivity contribution in [3.8, 4) is 5.75 Å². The number of hydrogen-bond acceptors (Lipinski definition) is 4. The number of nitrogen functional groups attached to an aromatic ring is 1. The molecule has 0 bridgehead atoms. The number of benzene rings is 3. The summed E-state index contributed by atoms with van der Waals surface area (Å²) in [7, 11) is 1.64. The second-order valence-electron chi connectivity index (χ2n) is 7.22. The average molecular weight is 427 g/mol. The van der Waals surface area contributed by atoms with E-state index >= 15 is 0 Å². The minimum Gasteiger partial charge on any atom is -0.497 e. The van der Waals surface area contributed by atoms with E-state index in [2.05, 4.69) is 6.92 Å². The Morgan fingerprint density at radius 2 is 1.62 bits per heavy atom. The summed E-state index contributed by atoms with van der Waals surface area (Å²) in [6.45, 7) is 2.11. The number of carboxylic acid groups (broad SMARTS) is 1.